The summed E-state index contributed by atoms with van der Waals surface area (Å²) in [7, 11) is 1.46. The van der Waals surface area contributed by atoms with Gasteiger partial charge in [0.2, 0.25) is 5.75 Å². The zero-order valence-electron chi connectivity index (χ0n) is 18.6. The van der Waals surface area contributed by atoms with Crippen molar-refractivity contribution in [2.45, 2.75) is 25.8 Å². The van der Waals surface area contributed by atoms with Gasteiger partial charge in [-0.15, -0.1) is 0 Å². The van der Waals surface area contributed by atoms with E-state index >= 15 is 0 Å². The Morgan fingerprint density at radius 1 is 1.29 bits per heavy atom. The van der Waals surface area contributed by atoms with Crippen LogP contribution in [0.5, 0.6) is 5.75 Å². The van der Waals surface area contributed by atoms with Gasteiger partial charge in [0.15, 0.2) is 5.69 Å². The van der Waals surface area contributed by atoms with Crippen molar-refractivity contribution >= 4 is 11.6 Å². The number of hydrogen-bond acceptors (Lipinski definition) is 8. The van der Waals surface area contributed by atoms with Crippen molar-refractivity contribution in [3.63, 3.8) is 0 Å². The first-order valence-corrected chi connectivity index (χ1v) is 10.3. The summed E-state index contributed by atoms with van der Waals surface area (Å²) in [5, 5.41) is 30.5. The molecule has 0 spiro atoms. The van der Waals surface area contributed by atoms with Crippen molar-refractivity contribution in [1.82, 2.24) is 24.5 Å². The van der Waals surface area contributed by atoms with Crippen LogP contribution in [0.3, 0.4) is 0 Å². The highest BCUT2D eigenvalue weighted by molar-refractivity contribution is 6.04. The highest BCUT2D eigenvalue weighted by Gasteiger charge is 2.31. The standard InChI is InChI=1S/C23H21N7O4/c1-13-8-9-25-30(13)19(17-7-5-4-6-15(17)10-24)14(2)21-28-18(20(31)23(33)29(21)3)22(32)27-16-11-26-34-12-16/h4-9,11-12,14,19,31H,1-3H3,(H,27,32)/t14-,19+/m0/s1. The third kappa shape index (κ3) is 3.93. The van der Waals surface area contributed by atoms with Crippen LogP contribution in [0, 0.1) is 18.3 Å². The molecule has 0 saturated carbocycles. The number of aryl methyl sites for hydroxylation is 1. The quantitative estimate of drug-likeness (QED) is 0.446. The van der Waals surface area contributed by atoms with Crippen molar-refractivity contribution < 1.29 is 14.4 Å². The number of carbonyl (C=O) groups excluding carboxylic acids is 1. The van der Waals surface area contributed by atoms with Crippen molar-refractivity contribution in [3.8, 4) is 11.8 Å². The van der Waals surface area contributed by atoms with Gasteiger partial charge in [0, 0.05) is 24.9 Å². The molecule has 2 atom stereocenters. The maximum atomic E-state index is 12.8. The van der Waals surface area contributed by atoms with Crippen LogP contribution in [0.4, 0.5) is 5.69 Å². The van der Waals surface area contributed by atoms with Gasteiger partial charge in [-0.25, -0.2) is 4.98 Å². The smallest absolute Gasteiger partial charge is 0.296 e. The number of nitriles is 1. The highest BCUT2D eigenvalue weighted by atomic mass is 16.5. The lowest BCUT2D eigenvalue weighted by Gasteiger charge is -2.28. The number of amides is 1. The summed E-state index contributed by atoms with van der Waals surface area (Å²) in [6, 6.07) is 10.6. The minimum atomic E-state index is -0.795. The molecule has 2 N–H and O–H groups in total. The first-order valence-electron chi connectivity index (χ1n) is 10.3. The molecule has 4 aromatic rings. The van der Waals surface area contributed by atoms with E-state index in [1.807, 2.05) is 32.0 Å². The Morgan fingerprint density at radius 2 is 2.06 bits per heavy atom. The van der Waals surface area contributed by atoms with Gasteiger partial charge in [-0.1, -0.05) is 30.3 Å². The zero-order chi connectivity index (χ0) is 24.4. The number of aromatic hydroxyl groups is 1. The maximum absolute atomic E-state index is 12.8. The Labute approximate surface area is 193 Å². The Kier molecular flexibility index (Phi) is 5.97. The fourth-order valence-electron chi connectivity index (χ4n) is 3.91. The van der Waals surface area contributed by atoms with E-state index in [4.69, 9.17) is 4.52 Å². The lowest BCUT2D eigenvalue weighted by Crippen LogP contribution is -2.31. The second-order valence-corrected chi connectivity index (χ2v) is 7.75. The Morgan fingerprint density at radius 3 is 2.71 bits per heavy atom. The zero-order valence-corrected chi connectivity index (χ0v) is 18.6. The number of hydrogen-bond donors (Lipinski definition) is 2. The molecular formula is C23H21N7O4. The van der Waals surface area contributed by atoms with Crippen LogP contribution < -0.4 is 10.9 Å². The van der Waals surface area contributed by atoms with Gasteiger partial charge in [0.1, 0.15) is 17.8 Å². The second-order valence-electron chi connectivity index (χ2n) is 7.75. The molecular weight excluding hydrogens is 438 g/mol. The Bertz CT molecular complexity index is 1450. The summed E-state index contributed by atoms with van der Waals surface area (Å²) in [5.74, 6) is -1.88. The summed E-state index contributed by atoms with van der Waals surface area (Å²) in [4.78, 5) is 30.0. The van der Waals surface area contributed by atoms with Gasteiger partial charge < -0.3 is 14.9 Å². The first kappa shape index (κ1) is 22.5. The summed E-state index contributed by atoms with van der Waals surface area (Å²) >= 11 is 0. The largest absolute Gasteiger partial charge is 0.501 e. The van der Waals surface area contributed by atoms with Crippen LogP contribution in [0.2, 0.25) is 0 Å². The molecule has 0 aliphatic carbocycles. The predicted molar refractivity (Wildman–Crippen MR) is 120 cm³/mol. The summed E-state index contributed by atoms with van der Waals surface area (Å²) in [5.41, 5.74) is 0.992. The Balaban J connectivity index is 1.87. The molecule has 1 amide bonds. The summed E-state index contributed by atoms with van der Waals surface area (Å²) in [6.45, 7) is 3.70. The second kappa shape index (κ2) is 9.03. The molecule has 0 aliphatic rings. The molecule has 11 heteroatoms. The lowest BCUT2D eigenvalue weighted by atomic mass is 9.90. The van der Waals surface area contributed by atoms with E-state index in [9.17, 15) is 20.0 Å². The number of nitrogens with zero attached hydrogens (tertiary/aromatic N) is 6. The third-order valence-corrected chi connectivity index (χ3v) is 5.62. The molecule has 0 saturated heterocycles. The van der Waals surface area contributed by atoms with E-state index in [1.165, 1.54) is 24.1 Å². The lowest BCUT2D eigenvalue weighted by molar-refractivity contribution is 0.101. The number of aromatic nitrogens is 5. The van der Waals surface area contributed by atoms with Gasteiger partial charge in [-0.05, 0) is 24.6 Å². The van der Waals surface area contributed by atoms with Crippen LogP contribution in [0.1, 0.15) is 52.0 Å². The molecule has 4 rings (SSSR count). The fourth-order valence-corrected chi connectivity index (χ4v) is 3.91. The van der Waals surface area contributed by atoms with E-state index in [0.29, 0.717) is 11.1 Å². The minimum Gasteiger partial charge on any atom is -0.501 e. The molecule has 172 valence electrons. The number of rotatable bonds is 6. The van der Waals surface area contributed by atoms with Crippen LogP contribution in [0.15, 0.2) is 58.3 Å². The number of carbonyl (C=O) groups is 1. The topological polar surface area (TPSA) is 152 Å². The van der Waals surface area contributed by atoms with E-state index in [0.717, 1.165) is 5.69 Å². The molecule has 0 bridgehead atoms. The van der Waals surface area contributed by atoms with Crippen molar-refractivity contribution in [2.24, 2.45) is 7.05 Å². The van der Waals surface area contributed by atoms with Gasteiger partial charge in [0.05, 0.1) is 23.9 Å². The van der Waals surface area contributed by atoms with Crippen molar-refractivity contribution in [3.05, 3.63) is 87.7 Å². The van der Waals surface area contributed by atoms with Gasteiger partial charge in [-0.3, -0.25) is 18.8 Å². The van der Waals surface area contributed by atoms with E-state index < -0.39 is 34.9 Å². The molecule has 11 nitrogen and oxygen atoms in total. The van der Waals surface area contributed by atoms with Crippen LogP contribution >= 0.6 is 0 Å². The van der Waals surface area contributed by atoms with E-state index in [1.54, 1.807) is 23.0 Å². The molecule has 3 heterocycles. The third-order valence-electron chi connectivity index (χ3n) is 5.62. The van der Waals surface area contributed by atoms with Crippen LogP contribution in [-0.4, -0.2) is 35.5 Å². The van der Waals surface area contributed by atoms with Gasteiger partial charge in [-0.2, -0.15) is 10.4 Å². The maximum Gasteiger partial charge on any atom is 0.296 e. The average molecular weight is 459 g/mol. The fraction of sp³-hybridized carbons (Fsp3) is 0.217. The van der Waals surface area contributed by atoms with Gasteiger partial charge >= 0.3 is 0 Å². The SMILES string of the molecule is Cc1ccnn1[C@@H](c1ccccc1C#N)[C@H](C)c1nc(C(=O)Nc2cnoc2)c(O)c(=O)n1C. The predicted octanol–water partition coefficient (Wildman–Crippen LogP) is 2.50. The highest BCUT2D eigenvalue weighted by Crippen LogP contribution is 2.35. The minimum absolute atomic E-state index is 0.228. The molecule has 0 radical (unpaired) electrons. The van der Waals surface area contributed by atoms with Crippen molar-refractivity contribution in [1.29, 1.82) is 5.26 Å². The molecule has 1 aromatic carbocycles. The average Bonchev–Trinajstić information content (AvgIpc) is 3.50. The molecule has 0 unspecified atom stereocenters. The van der Waals surface area contributed by atoms with Crippen LogP contribution in [0.25, 0.3) is 0 Å². The number of nitrogens with one attached hydrogen (secondary N) is 1. The summed E-state index contributed by atoms with van der Waals surface area (Å²) in [6.07, 6.45) is 4.12. The Hall–Kier alpha value is -4.72. The number of benzene rings is 1. The molecule has 0 aliphatic heterocycles. The number of anilines is 1. The molecule has 3 aromatic heterocycles. The van der Waals surface area contributed by atoms with E-state index in [-0.39, 0.29) is 11.5 Å². The van der Waals surface area contributed by atoms with Crippen LogP contribution in [-0.2, 0) is 7.05 Å². The normalized spacial score (nSPS) is 12.6. The first-order chi connectivity index (χ1) is 16.3. The molecule has 0 fully saturated rings. The summed E-state index contributed by atoms with van der Waals surface area (Å²) < 4.78 is 7.63. The van der Waals surface area contributed by atoms with E-state index in [2.05, 4.69) is 26.6 Å². The monoisotopic (exact) mass is 459 g/mol. The molecule has 34 heavy (non-hydrogen) atoms. The van der Waals surface area contributed by atoms with Crippen molar-refractivity contribution in [2.75, 3.05) is 5.32 Å². The van der Waals surface area contributed by atoms with Gasteiger partial charge in [0.25, 0.3) is 11.5 Å².